The summed E-state index contributed by atoms with van der Waals surface area (Å²) in [5, 5.41) is 3.35. The molecule has 0 amide bonds. The van der Waals surface area contributed by atoms with Crippen LogP contribution < -0.4 is 10.2 Å². The van der Waals surface area contributed by atoms with Crippen LogP contribution in [-0.2, 0) is 16.0 Å². The molecule has 0 fully saturated rings. The number of anilines is 1. The molecule has 0 bridgehead atoms. The fourth-order valence-electron chi connectivity index (χ4n) is 1.53. The highest BCUT2D eigenvalue weighted by Gasteiger charge is 1.96. The van der Waals surface area contributed by atoms with E-state index >= 15 is 0 Å². The summed E-state index contributed by atoms with van der Waals surface area (Å²) in [6.07, 6.45) is 0. The van der Waals surface area contributed by atoms with Gasteiger partial charge >= 0.3 is 0 Å². The van der Waals surface area contributed by atoms with E-state index in [4.69, 9.17) is 9.47 Å². The van der Waals surface area contributed by atoms with E-state index in [1.54, 1.807) is 7.11 Å². The maximum atomic E-state index is 5.37. The van der Waals surface area contributed by atoms with E-state index < -0.39 is 0 Å². The molecule has 0 saturated heterocycles. The fraction of sp³-hybridized carbons (Fsp3) is 0.571. The van der Waals surface area contributed by atoms with Gasteiger partial charge < -0.3 is 19.7 Å². The minimum absolute atomic E-state index is 0.659. The monoisotopic (exact) mass is 252 g/mol. The van der Waals surface area contributed by atoms with Crippen LogP contribution in [0.4, 0.5) is 5.69 Å². The summed E-state index contributed by atoms with van der Waals surface area (Å²) < 4.78 is 10.3. The highest BCUT2D eigenvalue weighted by Crippen LogP contribution is 2.11. The second-order valence-electron chi connectivity index (χ2n) is 4.34. The first kappa shape index (κ1) is 15.0. The average Bonchev–Trinajstić information content (AvgIpc) is 2.38. The minimum atomic E-state index is 0.659. The molecule has 0 unspecified atom stereocenters. The zero-order valence-corrected chi connectivity index (χ0v) is 11.6. The summed E-state index contributed by atoms with van der Waals surface area (Å²) in [6, 6.07) is 8.56. The molecule has 0 aliphatic rings. The lowest BCUT2D eigenvalue weighted by Crippen LogP contribution is -2.20. The van der Waals surface area contributed by atoms with Crippen LogP contribution in [0.15, 0.2) is 24.3 Å². The van der Waals surface area contributed by atoms with Crippen LogP contribution >= 0.6 is 0 Å². The highest BCUT2D eigenvalue weighted by molar-refractivity contribution is 5.45. The number of rotatable bonds is 9. The molecule has 0 atom stereocenters. The number of nitrogens with one attached hydrogen (secondary N) is 1. The lowest BCUT2D eigenvalue weighted by molar-refractivity contribution is 0.0719. The molecule has 0 aliphatic heterocycles. The van der Waals surface area contributed by atoms with Gasteiger partial charge in [-0.2, -0.15) is 0 Å². The van der Waals surface area contributed by atoms with Gasteiger partial charge in [0.1, 0.15) is 0 Å². The zero-order valence-electron chi connectivity index (χ0n) is 11.6. The zero-order chi connectivity index (χ0) is 13.2. The normalized spacial score (nSPS) is 10.6. The van der Waals surface area contributed by atoms with Gasteiger partial charge in [-0.25, -0.2) is 0 Å². The molecule has 4 heteroatoms. The Balaban J connectivity index is 2.12. The Morgan fingerprint density at radius 1 is 1.06 bits per heavy atom. The van der Waals surface area contributed by atoms with Crippen molar-refractivity contribution in [1.82, 2.24) is 5.32 Å². The standard InChI is InChI=1S/C14H24N2O2/c1-16(2)14-6-4-13(5-7-14)12-15-8-9-18-11-10-17-3/h4-7,15H,8-12H2,1-3H3. The maximum Gasteiger partial charge on any atom is 0.0700 e. The molecule has 1 N–H and O–H groups in total. The first-order valence-electron chi connectivity index (χ1n) is 6.27. The summed E-state index contributed by atoms with van der Waals surface area (Å²) in [6.45, 7) is 3.78. The second-order valence-corrected chi connectivity index (χ2v) is 4.34. The van der Waals surface area contributed by atoms with Crippen LogP contribution in [0.2, 0.25) is 0 Å². The predicted octanol–water partition coefficient (Wildman–Crippen LogP) is 1.51. The first-order chi connectivity index (χ1) is 8.74. The van der Waals surface area contributed by atoms with Crippen molar-refractivity contribution in [2.75, 3.05) is 52.5 Å². The molecule has 102 valence electrons. The summed E-state index contributed by atoms with van der Waals surface area (Å²) in [4.78, 5) is 2.10. The first-order valence-corrected chi connectivity index (χ1v) is 6.27. The second kappa shape index (κ2) is 8.91. The van der Waals surface area contributed by atoms with Crippen LogP contribution in [0.3, 0.4) is 0 Å². The predicted molar refractivity (Wildman–Crippen MR) is 75.2 cm³/mol. The molecular weight excluding hydrogens is 228 g/mol. The van der Waals surface area contributed by atoms with Gasteiger partial charge in [-0.15, -0.1) is 0 Å². The molecule has 4 nitrogen and oxygen atoms in total. The topological polar surface area (TPSA) is 33.7 Å². The molecule has 18 heavy (non-hydrogen) atoms. The summed E-state index contributed by atoms with van der Waals surface area (Å²) >= 11 is 0. The van der Waals surface area contributed by atoms with Gasteiger partial charge in [0.05, 0.1) is 19.8 Å². The molecule has 1 aromatic rings. The molecule has 0 spiro atoms. The molecule has 0 radical (unpaired) electrons. The summed E-state index contributed by atoms with van der Waals surface area (Å²) in [5.74, 6) is 0. The Labute approximate surface area is 110 Å². The van der Waals surface area contributed by atoms with Crippen molar-refractivity contribution in [1.29, 1.82) is 0 Å². The quantitative estimate of drug-likeness (QED) is 0.675. The number of methoxy groups -OCH3 is 1. The Kier molecular flexibility index (Phi) is 7.41. The van der Waals surface area contributed by atoms with Crippen molar-refractivity contribution in [2.24, 2.45) is 0 Å². The number of hydrogen-bond donors (Lipinski definition) is 1. The van der Waals surface area contributed by atoms with Gasteiger partial charge in [0.25, 0.3) is 0 Å². The van der Waals surface area contributed by atoms with Crippen molar-refractivity contribution < 1.29 is 9.47 Å². The van der Waals surface area contributed by atoms with Crippen molar-refractivity contribution in [2.45, 2.75) is 6.54 Å². The number of benzene rings is 1. The molecule has 0 saturated carbocycles. The largest absolute Gasteiger partial charge is 0.382 e. The van der Waals surface area contributed by atoms with Crippen LogP contribution in [0.1, 0.15) is 5.56 Å². The Hall–Kier alpha value is -1.10. The van der Waals surface area contributed by atoms with Gasteiger partial charge in [0.2, 0.25) is 0 Å². The van der Waals surface area contributed by atoms with E-state index in [0.29, 0.717) is 13.2 Å². The number of hydrogen-bond acceptors (Lipinski definition) is 4. The van der Waals surface area contributed by atoms with Crippen LogP contribution in [-0.4, -0.2) is 47.6 Å². The molecule has 0 heterocycles. The third kappa shape index (κ3) is 6.00. The van der Waals surface area contributed by atoms with E-state index in [0.717, 1.165) is 19.7 Å². The smallest absolute Gasteiger partial charge is 0.0700 e. The third-order valence-corrected chi connectivity index (χ3v) is 2.64. The maximum absolute atomic E-state index is 5.37. The fourth-order valence-corrected chi connectivity index (χ4v) is 1.53. The average molecular weight is 252 g/mol. The third-order valence-electron chi connectivity index (χ3n) is 2.64. The SMILES string of the molecule is COCCOCCNCc1ccc(N(C)C)cc1. The molecular formula is C14H24N2O2. The van der Waals surface area contributed by atoms with E-state index in [2.05, 4.69) is 34.5 Å². The minimum Gasteiger partial charge on any atom is -0.382 e. The van der Waals surface area contributed by atoms with Crippen molar-refractivity contribution in [3.8, 4) is 0 Å². The highest BCUT2D eigenvalue weighted by atomic mass is 16.5. The van der Waals surface area contributed by atoms with Gasteiger partial charge in [0.15, 0.2) is 0 Å². The van der Waals surface area contributed by atoms with E-state index in [9.17, 15) is 0 Å². The molecule has 1 rings (SSSR count). The summed E-state index contributed by atoms with van der Waals surface area (Å²) in [5.41, 5.74) is 2.51. The van der Waals surface area contributed by atoms with Gasteiger partial charge in [0, 0.05) is 40.0 Å². The molecule has 0 aromatic heterocycles. The van der Waals surface area contributed by atoms with Crippen LogP contribution in [0.25, 0.3) is 0 Å². The van der Waals surface area contributed by atoms with Gasteiger partial charge in [-0.1, -0.05) is 12.1 Å². The lowest BCUT2D eigenvalue weighted by atomic mass is 10.2. The number of ether oxygens (including phenoxy) is 2. The van der Waals surface area contributed by atoms with E-state index in [1.165, 1.54) is 11.3 Å². The summed E-state index contributed by atoms with van der Waals surface area (Å²) in [7, 11) is 5.77. The lowest BCUT2D eigenvalue weighted by Gasteiger charge is -2.13. The van der Waals surface area contributed by atoms with E-state index in [-0.39, 0.29) is 0 Å². The van der Waals surface area contributed by atoms with Crippen LogP contribution in [0.5, 0.6) is 0 Å². The molecule has 1 aromatic carbocycles. The van der Waals surface area contributed by atoms with Crippen molar-refractivity contribution >= 4 is 5.69 Å². The van der Waals surface area contributed by atoms with E-state index in [1.807, 2.05) is 14.1 Å². The Morgan fingerprint density at radius 2 is 1.78 bits per heavy atom. The Bertz CT molecular complexity index is 312. The molecule has 0 aliphatic carbocycles. The van der Waals surface area contributed by atoms with Crippen molar-refractivity contribution in [3.05, 3.63) is 29.8 Å². The Morgan fingerprint density at radius 3 is 2.39 bits per heavy atom. The van der Waals surface area contributed by atoms with Gasteiger partial charge in [-0.3, -0.25) is 0 Å². The van der Waals surface area contributed by atoms with Gasteiger partial charge in [-0.05, 0) is 17.7 Å². The van der Waals surface area contributed by atoms with Crippen molar-refractivity contribution in [3.63, 3.8) is 0 Å². The van der Waals surface area contributed by atoms with Crippen LogP contribution in [0, 0.1) is 0 Å². The number of nitrogens with zero attached hydrogens (tertiary/aromatic N) is 1.